The molecule has 1 N–H and O–H groups in total. The Hall–Kier alpha value is -1.46. The molecular weight excluding hydrogens is 303 g/mol. The fourth-order valence-corrected chi connectivity index (χ4v) is 1.76. The summed E-state index contributed by atoms with van der Waals surface area (Å²) in [5, 5.41) is 3.40. The minimum absolute atomic E-state index is 0.124. The predicted molar refractivity (Wildman–Crippen MR) is 79.3 cm³/mol. The van der Waals surface area contributed by atoms with Crippen molar-refractivity contribution in [1.29, 1.82) is 0 Å². The van der Waals surface area contributed by atoms with Gasteiger partial charge in [0.15, 0.2) is 0 Å². The van der Waals surface area contributed by atoms with Crippen molar-refractivity contribution in [3.05, 3.63) is 28.2 Å². The summed E-state index contributed by atoms with van der Waals surface area (Å²) in [4.78, 5) is 24.8. The standard InChI is InChI=1S/C13H16Cl2N2O3/c1-8(2)17(7-12(18)20-3)13(19)16-9-4-5-10(14)11(15)6-9/h4-6,8H,7H2,1-3H3,(H,16,19). The van der Waals surface area contributed by atoms with Crippen LogP contribution in [0.2, 0.25) is 10.0 Å². The lowest BCUT2D eigenvalue weighted by atomic mass is 10.3. The molecule has 1 rings (SSSR count). The molecule has 1 aromatic carbocycles. The van der Waals surface area contributed by atoms with E-state index >= 15 is 0 Å². The molecule has 0 unspecified atom stereocenters. The normalized spacial score (nSPS) is 10.3. The van der Waals surface area contributed by atoms with Crippen LogP contribution in [0, 0.1) is 0 Å². The highest BCUT2D eigenvalue weighted by molar-refractivity contribution is 6.42. The molecule has 5 nitrogen and oxygen atoms in total. The fraction of sp³-hybridized carbons (Fsp3) is 0.385. The quantitative estimate of drug-likeness (QED) is 0.865. The van der Waals surface area contributed by atoms with Crippen molar-refractivity contribution in [2.45, 2.75) is 19.9 Å². The molecule has 7 heteroatoms. The van der Waals surface area contributed by atoms with Gasteiger partial charge in [0.1, 0.15) is 6.54 Å². The van der Waals surface area contributed by atoms with Gasteiger partial charge in [0, 0.05) is 11.7 Å². The second-order valence-corrected chi connectivity index (χ2v) is 5.17. The van der Waals surface area contributed by atoms with Crippen LogP contribution in [0.1, 0.15) is 13.8 Å². The van der Waals surface area contributed by atoms with Crippen LogP contribution in [0.5, 0.6) is 0 Å². The minimum atomic E-state index is -0.483. The summed E-state index contributed by atoms with van der Waals surface area (Å²) in [5.41, 5.74) is 0.500. The summed E-state index contributed by atoms with van der Waals surface area (Å²) in [6, 6.07) is 4.18. The number of hydrogen-bond acceptors (Lipinski definition) is 3. The van der Waals surface area contributed by atoms with Gasteiger partial charge < -0.3 is 15.0 Å². The molecule has 0 spiro atoms. The van der Waals surface area contributed by atoms with Crippen LogP contribution >= 0.6 is 23.2 Å². The molecule has 0 aromatic heterocycles. The molecular formula is C13H16Cl2N2O3. The van der Waals surface area contributed by atoms with E-state index in [0.717, 1.165) is 0 Å². The zero-order chi connectivity index (χ0) is 15.3. The third-order valence-electron chi connectivity index (χ3n) is 2.58. The summed E-state index contributed by atoms with van der Waals surface area (Å²) < 4.78 is 4.57. The number of urea groups is 1. The third kappa shape index (κ3) is 4.58. The second-order valence-electron chi connectivity index (χ2n) is 4.36. The van der Waals surface area contributed by atoms with Crippen LogP contribution < -0.4 is 5.32 Å². The van der Waals surface area contributed by atoms with Crippen molar-refractivity contribution in [2.24, 2.45) is 0 Å². The van der Waals surface area contributed by atoms with Gasteiger partial charge in [-0.05, 0) is 32.0 Å². The zero-order valence-corrected chi connectivity index (χ0v) is 13.0. The van der Waals surface area contributed by atoms with E-state index in [0.29, 0.717) is 15.7 Å². The predicted octanol–water partition coefficient (Wildman–Crippen LogP) is 3.41. The van der Waals surface area contributed by atoms with Crippen LogP contribution in [-0.4, -0.2) is 36.6 Å². The summed E-state index contributed by atoms with van der Waals surface area (Å²) in [7, 11) is 1.28. The second kappa shape index (κ2) is 7.36. The van der Waals surface area contributed by atoms with E-state index in [2.05, 4.69) is 10.1 Å². The lowest BCUT2D eigenvalue weighted by Crippen LogP contribution is -2.43. The number of halogens is 2. The largest absolute Gasteiger partial charge is 0.468 e. The van der Waals surface area contributed by atoms with Crippen LogP contribution in [0.4, 0.5) is 10.5 Å². The zero-order valence-electron chi connectivity index (χ0n) is 11.4. The maximum atomic E-state index is 12.1. The average molecular weight is 319 g/mol. The molecule has 0 fully saturated rings. The number of carbonyl (C=O) groups is 2. The number of rotatable bonds is 4. The smallest absolute Gasteiger partial charge is 0.325 e. The van der Waals surface area contributed by atoms with Crippen molar-refractivity contribution in [2.75, 3.05) is 19.0 Å². The highest BCUT2D eigenvalue weighted by atomic mass is 35.5. The molecule has 0 aliphatic rings. The Kier molecular flexibility index (Phi) is 6.10. The lowest BCUT2D eigenvalue weighted by molar-refractivity contribution is -0.141. The number of esters is 1. The van der Waals surface area contributed by atoms with E-state index in [1.54, 1.807) is 32.0 Å². The highest BCUT2D eigenvalue weighted by Gasteiger charge is 2.20. The first kappa shape index (κ1) is 16.6. The van der Waals surface area contributed by atoms with Crippen molar-refractivity contribution in [1.82, 2.24) is 4.90 Å². The van der Waals surface area contributed by atoms with Crippen LogP contribution in [0.25, 0.3) is 0 Å². The van der Waals surface area contributed by atoms with E-state index in [1.165, 1.54) is 12.0 Å². The first-order chi connectivity index (χ1) is 9.35. The number of ether oxygens (including phenoxy) is 1. The van der Waals surface area contributed by atoms with E-state index in [4.69, 9.17) is 23.2 Å². The first-order valence-corrected chi connectivity index (χ1v) is 6.70. The molecule has 2 amide bonds. The van der Waals surface area contributed by atoms with Gasteiger partial charge in [0.05, 0.1) is 17.2 Å². The van der Waals surface area contributed by atoms with Crippen molar-refractivity contribution < 1.29 is 14.3 Å². The third-order valence-corrected chi connectivity index (χ3v) is 3.32. The molecule has 0 heterocycles. The maximum absolute atomic E-state index is 12.1. The van der Waals surface area contributed by atoms with Crippen LogP contribution in [-0.2, 0) is 9.53 Å². The summed E-state index contributed by atoms with van der Waals surface area (Å²) in [6.07, 6.45) is 0. The van der Waals surface area contributed by atoms with Gasteiger partial charge in [-0.2, -0.15) is 0 Å². The van der Waals surface area contributed by atoms with Crippen molar-refractivity contribution in [3.8, 4) is 0 Å². The molecule has 0 radical (unpaired) electrons. The Morgan fingerprint density at radius 1 is 1.30 bits per heavy atom. The van der Waals surface area contributed by atoms with Crippen molar-refractivity contribution >= 4 is 40.9 Å². The van der Waals surface area contributed by atoms with Crippen molar-refractivity contribution in [3.63, 3.8) is 0 Å². The molecule has 0 bridgehead atoms. The number of anilines is 1. The average Bonchev–Trinajstić information content (AvgIpc) is 2.39. The number of benzene rings is 1. The Balaban J connectivity index is 2.80. The summed E-state index contributed by atoms with van der Waals surface area (Å²) >= 11 is 11.7. The Bertz CT molecular complexity index is 506. The number of amides is 2. The summed E-state index contributed by atoms with van der Waals surface area (Å²) in [5.74, 6) is -0.483. The van der Waals surface area contributed by atoms with E-state index in [1.807, 2.05) is 0 Å². The fourth-order valence-electron chi connectivity index (χ4n) is 1.46. The molecule has 1 aromatic rings. The number of nitrogens with one attached hydrogen (secondary N) is 1. The van der Waals surface area contributed by atoms with Gasteiger partial charge in [-0.25, -0.2) is 4.79 Å². The highest BCUT2D eigenvalue weighted by Crippen LogP contribution is 2.25. The van der Waals surface area contributed by atoms with Gasteiger partial charge in [-0.15, -0.1) is 0 Å². The first-order valence-electron chi connectivity index (χ1n) is 5.94. The van der Waals surface area contributed by atoms with Gasteiger partial charge in [-0.3, -0.25) is 4.79 Å². The van der Waals surface area contributed by atoms with Crippen LogP contribution in [0.3, 0.4) is 0 Å². The molecule has 0 aliphatic carbocycles. The Morgan fingerprint density at radius 3 is 2.45 bits per heavy atom. The topological polar surface area (TPSA) is 58.6 Å². The number of hydrogen-bond donors (Lipinski definition) is 1. The molecule has 0 atom stereocenters. The maximum Gasteiger partial charge on any atom is 0.325 e. The molecule has 0 saturated heterocycles. The van der Waals surface area contributed by atoms with Gasteiger partial charge in [0.25, 0.3) is 0 Å². The van der Waals surface area contributed by atoms with E-state index in [9.17, 15) is 9.59 Å². The number of carbonyl (C=O) groups excluding carboxylic acids is 2. The number of methoxy groups -OCH3 is 1. The Labute approximate surface area is 127 Å². The Morgan fingerprint density at radius 2 is 1.95 bits per heavy atom. The summed E-state index contributed by atoms with van der Waals surface area (Å²) in [6.45, 7) is 3.48. The molecule has 0 aliphatic heterocycles. The van der Waals surface area contributed by atoms with Gasteiger partial charge in [0.2, 0.25) is 0 Å². The SMILES string of the molecule is COC(=O)CN(C(=O)Nc1ccc(Cl)c(Cl)c1)C(C)C. The van der Waals surface area contributed by atoms with Gasteiger partial charge >= 0.3 is 12.0 Å². The minimum Gasteiger partial charge on any atom is -0.468 e. The van der Waals surface area contributed by atoms with E-state index < -0.39 is 12.0 Å². The number of nitrogens with zero attached hydrogens (tertiary/aromatic N) is 1. The van der Waals surface area contributed by atoms with Crippen LogP contribution in [0.15, 0.2) is 18.2 Å². The van der Waals surface area contributed by atoms with Gasteiger partial charge in [-0.1, -0.05) is 23.2 Å². The lowest BCUT2D eigenvalue weighted by Gasteiger charge is -2.25. The monoisotopic (exact) mass is 318 g/mol. The van der Waals surface area contributed by atoms with E-state index in [-0.39, 0.29) is 12.6 Å². The molecule has 20 heavy (non-hydrogen) atoms. The molecule has 0 saturated carbocycles. The molecule has 110 valence electrons.